The van der Waals surface area contributed by atoms with Gasteiger partial charge in [0.15, 0.2) is 5.82 Å². The molecule has 0 spiro atoms. The summed E-state index contributed by atoms with van der Waals surface area (Å²) in [5, 5.41) is 0.890. The molecule has 2 rings (SSSR count). The summed E-state index contributed by atoms with van der Waals surface area (Å²) in [4.78, 5) is 11.1. The van der Waals surface area contributed by atoms with Gasteiger partial charge in [-0.25, -0.2) is 9.97 Å². The highest BCUT2D eigenvalue weighted by Crippen LogP contribution is 2.36. The van der Waals surface area contributed by atoms with Crippen molar-refractivity contribution in [3.63, 3.8) is 0 Å². The molecule has 0 aromatic carbocycles. The molecular weight excluding hydrogens is 311 g/mol. The molecule has 0 fully saturated rings. The lowest BCUT2D eigenvalue weighted by molar-refractivity contribution is 0.604. The quantitative estimate of drug-likeness (QED) is 0.638. The summed E-state index contributed by atoms with van der Waals surface area (Å²) >= 11 is 14.2. The smallest absolute Gasteiger partial charge is 0.172 e. The topological polar surface area (TPSA) is 25.8 Å². The Balaban J connectivity index is 2.47. The van der Waals surface area contributed by atoms with E-state index in [1.807, 2.05) is 19.9 Å². The maximum absolute atomic E-state index is 6.25. The maximum Gasteiger partial charge on any atom is 0.172 e. The molecule has 0 atom stereocenters. The van der Waals surface area contributed by atoms with Crippen LogP contribution in [0.5, 0.6) is 0 Å². The predicted molar refractivity (Wildman–Crippen MR) is 88.2 cm³/mol. The van der Waals surface area contributed by atoms with Crippen LogP contribution >= 0.6 is 34.5 Å². The molecule has 0 saturated heterocycles. The molecule has 2 nitrogen and oxygen atoms in total. The first-order chi connectivity index (χ1) is 9.20. The molecule has 0 aliphatic heterocycles. The number of aromatic nitrogens is 2. The summed E-state index contributed by atoms with van der Waals surface area (Å²) < 4.78 is 0. The number of hydrogen-bond acceptors (Lipinski definition) is 3. The second-order valence-electron chi connectivity index (χ2n) is 6.11. The number of nitrogens with zero attached hydrogens (tertiary/aromatic N) is 2. The summed E-state index contributed by atoms with van der Waals surface area (Å²) in [5.41, 5.74) is 0.929. The van der Waals surface area contributed by atoms with Gasteiger partial charge in [0.2, 0.25) is 0 Å². The molecule has 2 aromatic heterocycles. The fourth-order valence-electron chi connectivity index (χ4n) is 1.86. The first-order valence-electron chi connectivity index (χ1n) is 6.53. The van der Waals surface area contributed by atoms with E-state index < -0.39 is 0 Å². The normalized spacial score (nSPS) is 12.2. The summed E-state index contributed by atoms with van der Waals surface area (Å²) in [6.45, 7) is 10.6. The minimum absolute atomic E-state index is 0.119. The number of hydrogen-bond donors (Lipinski definition) is 0. The number of halogens is 2. The van der Waals surface area contributed by atoms with Crippen LogP contribution < -0.4 is 0 Å². The third-order valence-corrected chi connectivity index (χ3v) is 5.08. The van der Waals surface area contributed by atoms with Crippen LogP contribution in [0.25, 0.3) is 10.7 Å². The Morgan fingerprint density at radius 1 is 1.05 bits per heavy atom. The average molecular weight is 329 g/mol. The van der Waals surface area contributed by atoms with E-state index in [2.05, 4.69) is 36.8 Å². The Bertz CT molecular complexity index is 604. The lowest BCUT2D eigenvalue weighted by atomic mass is 9.95. The Morgan fingerprint density at radius 2 is 1.60 bits per heavy atom. The van der Waals surface area contributed by atoms with Crippen molar-refractivity contribution < 1.29 is 0 Å². The zero-order valence-corrected chi connectivity index (χ0v) is 14.6. The highest BCUT2D eigenvalue weighted by Gasteiger charge is 2.19. The second-order valence-corrected chi connectivity index (χ2v) is 7.91. The van der Waals surface area contributed by atoms with Crippen molar-refractivity contribution in [2.75, 3.05) is 0 Å². The van der Waals surface area contributed by atoms with Crippen molar-refractivity contribution in [2.45, 2.75) is 46.0 Å². The van der Waals surface area contributed by atoms with Gasteiger partial charge in [0.25, 0.3) is 0 Å². The summed E-state index contributed by atoms with van der Waals surface area (Å²) in [6.07, 6.45) is 0. The third kappa shape index (κ3) is 3.16. The zero-order valence-electron chi connectivity index (χ0n) is 12.3. The molecule has 20 heavy (non-hydrogen) atoms. The van der Waals surface area contributed by atoms with Gasteiger partial charge in [-0.05, 0) is 23.5 Å². The summed E-state index contributed by atoms with van der Waals surface area (Å²) in [7, 11) is 0. The molecule has 2 heterocycles. The van der Waals surface area contributed by atoms with E-state index in [0.717, 1.165) is 10.4 Å². The van der Waals surface area contributed by atoms with Gasteiger partial charge in [-0.1, -0.05) is 57.8 Å². The lowest BCUT2D eigenvalue weighted by Gasteiger charge is -2.15. The Labute approximate surface area is 134 Å². The van der Waals surface area contributed by atoms with Gasteiger partial charge >= 0.3 is 0 Å². The van der Waals surface area contributed by atoms with Crippen LogP contribution in [0.2, 0.25) is 10.3 Å². The summed E-state index contributed by atoms with van der Waals surface area (Å²) in [5.74, 6) is 0.808. The number of thiophene rings is 1. The monoisotopic (exact) mass is 328 g/mol. The largest absolute Gasteiger partial charge is 0.215 e. The molecule has 5 heteroatoms. The molecule has 2 aromatic rings. The van der Waals surface area contributed by atoms with Crippen molar-refractivity contribution in [3.05, 3.63) is 32.9 Å². The van der Waals surface area contributed by atoms with E-state index in [1.54, 1.807) is 11.3 Å². The number of rotatable bonds is 2. The van der Waals surface area contributed by atoms with Crippen molar-refractivity contribution >= 4 is 34.5 Å². The van der Waals surface area contributed by atoms with Gasteiger partial charge in [0.05, 0.1) is 4.88 Å². The van der Waals surface area contributed by atoms with Gasteiger partial charge in [-0.3, -0.25) is 0 Å². The van der Waals surface area contributed by atoms with E-state index >= 15 is 0 Å². The highest BCUT2D eigenvalue weighted by molar-refractivity contribution is 7.15. The van der Waals surface area contributed by atoms with Gasteiger partial charge in [0, 0.05) is 10.4 Å². The van der Waals surface area contributed by atoms with E-state index in [0.29, 0.717) is 16.1 Å². The third-order valence-electron chi connectivity index (χ3n) is 3.00. The van der Waals surface area contributed by atoms with Gasteiger partial charge in [-0.2, -0.15) is 0 Å². The Morgan fingerprint density at radius 3 is 2.00 bits per heavy atom. The van der Waals surface area contributed by atoms with Crippen LogP contribution in [-0.2, 0) is 5.41 Å². The van der Waals surface area contributed by atoms with E-state index in [4.69, 9.17) is 23.2 Å². The van der Waals surface area contributed by atoms with Gasteiger partial charge < -0.3 is 0 Å². The molecule has 0 radical (unpaired) electrons. The van der Waals surface area contributed by atoms with Crippen molar-refractivity contribution in [1.29, 1.82) is 0 Å². The van der Waals surface area contributed by atoms with Crippen LogP contribution in [0, 0.1) is 0 Å². The fourth-order valence-corrected chi connectivity index (χ4v) is 3.69. The summed E-state index contributed by atoms with van der Waals surface area (Å²) in [6, 6.07) is 4.14. The van der Waals surface area contributed by atoms with Crippen LogP contribution in [0.4, 0.5) is 0 Å². The van der Waals surface area contributed by atoms with Gasteiger partial charge in [0.1, 0.15) is 10.3 Å². The minimum Gasteiger partial charge on any atom is -0.215 e. The van der Waals surface area contributed by atoms with E-state index in [-0.39, 0.29) is 11.3 Å². The van der Waals surface area contributed by atoms with Gasteiger partial charge in [-0.15, -0.1) is 11.3 Å². The predicted octanol–water partition coefficient (Wildman–Crippen LogP) is 5.93. The van der Waals surface area contributed by atoms with Crippen LogP contribution in [0.3, 0.4) is 0 Å². The maximum atomic E-state index is 6.25. The van der Waals surface area contributed by atoms with Crippen molar-refractivity contribution in [3.8, 4) is 10.7 Å². The van der Waals surface area contributed by atoms with Crippen molar-refractivity contribution in [2.24, 2.45) is 0 Å². The fraction of sp³-hybridized carbons (Fsp3) is 0.467. The minimum atomic E-state index is 0.119. The SMILES string of the molecule is CC(C)c1c(Cl)nc(-c2ccc(C(C)(C)C)s2)nc1Cl. The van der Waals surface area contributed by atoms with E-state index in [1.165, 1.54) is 4.88 Å². The molecule has 0 amide bonds. The molecule has 108 valence electrons. The zero-order chi connectivity index (χ0) is 15.1. The van der Waals surface area contributed by atoms with Crippen LogP contribution in [-0.4, -0.2) is 9.97 Å². The molecule has 0 aliphatic carbocycles. The first kappa shape index (κ1) is 15.7. The second kappa shape index (κ2) is 5.63. The Hall–Kier alpha value is -0.640. The van der Waals surface area contributed by atoms with Crippen molar-refractivity contribution in [1.82, 2.24) is 9.97 Å². The molecule has 0 saturated carbocycles. The highest BCUT2D eigenvalue weighted by atomic mass is 35.5. The lowest BCUT2D eigenvalue weighted by Crippen LogP contribution is -2.07. The molecule has 0 N–H and O–H groups in total. The van der Waals surface area contributed by atoms with Crippen LogP contribution in [0.15, 0.2) is 12.1 Å². The molecule has 0 aliphatic rings. The molecule has 0 bridgehead atoms. The molecule has 0 unspecified atom stereocenters. The molecular formula is C15H18Cl2N2S. The van der Waals surface area contributed by atoms with Crippen LogP contribution in [0.1, 0.15) is 51.0 Å². The standard InChI is InChI=1S/C15H18Cl2N2S/c1-8(2)11-12(16)18-14(19-13(11)17)9-6-7-10(20-9)15(3,4)5/h6-8H,1-5H3. The van der Waals surface area contributed by atoms with E-state index in [9.17, 15) is 0 Å². The average Bonchev–Trinajstić information content (AvgIpc) is 2.75. The first-order valence-corrected chi connectivity index (χ1v) is 8.11. The Kier molecular flexibility index (Phi) is 4.43.